The lowest BCUT2D eigenvalue weighted by Gasteiger charge is -2.38. The maximum atomic E-state index is 13.1. The number of hydrogen-bond acceptors (Lipinski definition) is 5. The van der Waals surface area contributed by atoms with E-state index in [4.69, 9.17) is 0 Å². The molecule has 1 aromatic heterocycles. The molecular formula is C24H35N5O3S. The molecule has 2 N–H and O–H groups in total. The zero-order valence-corrected chi connectivity index (χ0v) is 20.4. The summed E-state index contributed by atoms with van der Waals surface area (Å²) in [6, 6.07) is 10.1. The minimum atomic E-state index is -3.55. The van der Waals surface area contributed by atoms with Crippen molar-refractivity contribution in [1.82, 2.24) is 19.5 Å². The van der Waals surface area contributed by atoms with Crippen LogP contribution in [-0.4, -0.2) is 60.9 Å². The summed E-state index contributed by atoms with van der Waals surface area (Å²) in [5.74, 6) is 0. The third-order valence-corrected chi connectivity index (χ3v) is 7.80. The molecule has 0 saturated carbocycles. The van der Waals surface area contributed by atoms with Gasteiger partial charge in [0.1, 0.15) is 0 Å². The summed E-state index contributed by atoms with van der Waals surface area (Å²) in [6.45, 7) is 7.93. The molecule has 1 aliphatic heterocycles. The Morgan fingerprint density at radius 2 is 1.76 bits per heavy atom. The van der Waals surface area contributed by atoms with Gasteiger partial charge in [-0.25, -0.2) is 13.2 Å². The molecule has 1 saturated heterocycles. The van der Waals surface area contributed by atoms with Crippen molar-refractivity contribution >= 4 is 21.7 Å². The van der Waals surface area contributed by atoms with Crippen molar-refractivity contribution in [3.63, 3.8) is 0 Å². The van der Waals surface area contributed by atoms with E-state index < -0.39 is 10.0 Å². The van der Waals surface area contributed by atoms with E-state index in [-0.39, 0.29) is 10.9 Å². The van der Waals surface area contributed by atoms with Crippen LogP contribution in [0.1, 0.15) is 45.1 Å². The second-order valence-corrected chi connectivity index (χ2v) is 10.3. The molecule has 1 aromatic carbocycles. The van der Waals surface area contributed by atoms with Crippen LogP contribution in [0.2, 0.25) is 0 Å². The number of carbonyl (C=O) groups is 1. The Morgan fingerprint density at radius 3 is 2.33 bits per heavy atom. The fourth-order valence-corrected chi connectivity index (χ4v) is 5.69. The molecule has 0 aliphatic carbocycles. The van der Waals surface area contributed by atoms with E-state index in [1.807, 2.05) is 12.1 Å². The van der Waals surface area contributed by atoms with Crippen LogP contribution >= 0.6 is 0 Å². The number of piperidine rings is 1. The Balaban J connectivity index is 1.53. The van der Waals surface area contributed by atoms with Gasteiger partial charge < -0.3 is 15.5 Å². The summed E-state index contributed by atoms with van der Waals surface area (Å²) in [5.41, 5.74) is 1.43. The minimum Gasteiger partial charge on any atom is -0.334 e. The van der Waals surface area contributed by atoms with Crippen LogP contribution in [-0.2, 0) is 16.6 Å². The number of anilines is 1. The van der Waals surface area contributed by atoms with Gasteiger partial charge in [0.2, 0.25) is 10.0 Å². The van der Waals surface area contributed by atoms with Crippen LogP contribution in [0.5, 0.6) is 0 Å². The molecule has 2 aromatic rings. The third-order valence-electron chi connectivity index (χ3n) is 5.89. The van der Waals surface area contributed by atoms with Crippen molar-refractivity contribution in [2.75, 3.05) is 31.5 Å². The van der Waals surface area contributed by atoms with Gasteiger partial charge in [0.15, 0.2) is 0 Å². The Morgan fingerprint density at radius 1 is 1.09 bits per heavy atom. The molecule has 0 unspecified atom stereocenters. The lowest BCUT2D eigenvalue weighted by atomic mass is 10.0. The van der Waals surface area contributed by atoms with Gasteiger partial charge in [0, 0.05) is 43.8 Å². The molecular weight excluding hydrogens is 438 g/mol. The van der Waals surface area contributed by atoms with Gasteiger partial charge in [-0.05, 0) is 74.7 Å². The highest BCUT2D eigenvalue weighted by Gasteiger charge is 2.31. The van der Waals surface area contributed by atoms with E-state index >= 15 is 0 Å². The molecule has 3 rings (SSSR count). The first kappa shape index (κ1) is 25.1. The van der Waals surface area contributed by atoms with Crippen LogP contribution in [0.25, 0.3) is 0 Å². The van der Waals surface area contributed by atoms with Crippen LogP contribution in [0.15, 0.2) is 53.7 Å². The molecule has 33 heavy (non-hydrogen) atoms. The summed E-state index contributed by atoms with van der Waals surface area (Å²) < 4.78 is 27.8. The molecule has 1 aliphatic rings. The molecule has 0 spiro atoms. The third kappa shape index (κ3) is 6.99. The highest BCUT2D eigenvalue weighted by molar-refractivity contribution is 7.89. The van der Waals surface area contributed by atoms with Crippen molar-refractivity contribution in [1.29, 1.82) is 0 Å². The van der Waals surface area contributed by atoms with E-state index in [2.05, 4.69) is 34.4 Å². The zero-order valence-electron chi connectivity index (χ0n) is 19.5. The number of sulfonamides is 1. The molecule has 9 heteroatoms. The number of nitrogens with zero attached hydrogens (tertiary/aromatic N) is 3. The number of amides is 2. The number of urea groups is 1. The summed E-state index contributed by atoms with van der Waals surface area (Å²) in [4.78, 5) is 18.9. The molecule has 0 radical (unpaired) electrons. The normalized spacial score (nSPS) is 15.5. The second-order valence-electron chi connectivity index (χ2n) is 8.36. The first-order valence-electron chi connectivity index (χ1n) is 11.7. The van der Waals surface area contributed by atoms with Crippen molar-refractivity contribution in [2.45, 2.75) is 57.0 Å². The Bertz CT molecular complexity index is 969. The van der Waals surface area contributed by atoms with E-state index in [0.29, 0.717) is 31.4 Å². The number of pyridine rings is 1. The van der Waals surface area contributed by atoms with E-state index in [1.165, 1.54) is 0 Å². The molecule has 1 fully saturated rings. The number of hydrogen-bond donors (Lipinski definition) is 2. The number of aromatic nitrogens is 1. The van der Waals surface area contributed by atoms with E-state index in [1.54, 1.807) is 41.0 Å². The van der Waals surface area contributed by atoms with Gasteiger partial charge in [0.25, 0.3) is 0 Å². The average molecular weight is 474 g/mol. The van der Waals surface area contributed by atoms with Gasteiger partial charge in [-0.15, -0.1) is 0 Å². The second kappa shape index (κ2) is 12.1. The Labute approximate surface area is 197 Å². The monoisotopic (exact) mass is 473 g/mol. The number of carbonyl (C=O) groups excluding carboxylic acids is 1. The maximum absolute atomic E-state index is 13.1. The summed E-state index contributed by atoms with van der Waals surface area (Å²) in [6.07, 6.45) is 7.30. The van der Waals surface area contributed by atoms with Gasteiger partial charge in [0.05, 0.1) is 4.90 Å². The Hall–Kier alpha value is -2.49. The molecule has 2 heterocycles. The van der Waals surface area contributed by atoms with Crippen LogP contribution in [0.4, 0.5) is 10.5 Å². The van der Waals surface area contributed by atoms with Crippen molar-refractivity contribution in [3.05, 3.63) is 54.4 Å². The summed E-state index contributed by atoms with van der Waals surface area (Å²) >= 11 is 0. The fraction of sp³-hybridized carbons (Fsp3) is 0.500. The van der Waals surface area contributed by atoms with Gasteiger partial charge in [-0.2, -0.15) is 4.31 Å². The molecule has 0 bridgehead atoms. The largest absolute Gasteiger partial charge is 0.334 e. The number of rotatable bonds is 10. The van der Waals surface area contributed by atoms with E-state index in [9.17, 15) is 13.2 Å². The SMILES string of the molecule is CCCN(CCC)C1CCN(S(=O)(=O)c2ccc(NC(=O)NCc3cccnc3)cc2)CC1. The first-order valence-corrected chi connectivity index (χ1v) is 13.2. The Kier molecular flexibility index (Phi) is 9.22. The standard InChI is InChI=1S/C24H35N5O3S/c1-3-14-28(15-4-2)22-11-16-29(17-12-22)33(31,32)23-9-7-21(8-10-23)27-24(30)26-19-20-6-5-13-25-18-20/h5-10,13,18,22H,3-4,11-12,14-17,19H2,1-2H3,(H2,26,27,30). The topological polar surface area (TPSA) is 94.6 Å². The fourth-order valence-electron chi connectivity index (χ4n) is 4.22. The van der Waals surface area contributed by atoms with Gasteiger partial charge in [-0.1, -0.05) is 19.9 Å². The van der Waals surface area contributed by atoms with Crippen LogP contribution in [0, 0.1) is 0 Å². The molecule has 8 nitrogen and oxygen atoms in total. The van der Waals surface area contributed by atoms with Crippen molar-refractivity contribution < 1.29 is 13.2 Å². The molecule has 2 amide bonds. The van der Waals surface area contributed by atoms with Crippen molar-refractivity contribution in [2.24, 2.45) is 0 Å². The highest BCUT2D eigenvalue weighted by Crippen LogP contribution is 2.24. The highest BCUT2D eigenvalue weighted by atomic mass is 32.2. The van der Waals surface area contributed by atoms with Crippen molar-refractivity contribution in [3.8, 4) is 0 Å². The summed E-state index contributed by atoms with van der Waals surface area (Å²) in [5, 5.41) is 5.48. The predicted octanol–water partition coefficient (Wildman–Crippen LogP) is 3.68. The smallest absolute Gasteiger partial charge is 0.319 e. The number of benzene rings is 1. The summed E-state index contributed by atoms with van der Waals surface area (Å²) in [7, 11) is -3.55. The number of nitrogens with one attached hydrogen (secondary N) is 2. The zero-order chi connectivity index (χ0) is 23.7. The van der Waals surface area contributed by atoms with Gasteiger partial charge in [-0.3, -0.25) is 4.98 Å². The lowest BCUT2D eigenvalue weighted by molar-refractivity contribution is 0.139. The maximum Gasteiger partial charge on any atom is 0.319 e. The predicted molar refractivity (Wildman–Crippen MR) is 130 cm³/mol. The first-order chi connectivity index (χ1) is 15.9. The average Bonchev–Trinajstić information content (AvgIpc) is 2.84. The van der Waals surface area contributed by atoms with E-state index in [0.717, 1.165) is 44.3 Å². The molecule has 180 valence electrons. The minimum absolute atomic E-state index is 0.251. The quantitative estimate of drug-likeness (QED) is 0.549. The van der Waals surface area contributed by atoms with Crippen LogP contribution < -0.4 is 10.6 Å². The molecule has 0 atom stereocenters. The lowest BCUT2D eigenvalue weighted by Crippen LogP contribution is -2.47. The van der Waals surface area contributed by atoms with Gasteiger partial charge >= 0.3 is 6.03 Å². The van der Waals surface area contributed by atoms with Crippen LogP contribution in [0.3, 0.4) is 0 Å².